The number of hydrogen-bond donors (Lipinski definition) is 2. The number of ether oxygens (including phenoxy) is 1. The van der Waals surface area contributed by atoms with Crippen molar-refractivity contribution in [3.63, 3.8) is 0 Å². The largest absolute Gasteiger partial charge is 0.379 e. The first-order valence-electron chi connectivity index (χ1n) is 9.15. The minimum absolute atomic E-state index is 0.170. The zero-order valence-corrected chi connectivity index (χ0v) is 18.2. The van der Waals surface area contributed by atoms with Crippen molar-refractivity contribution in [1.29, 1.82) is 0 Å². The van der Waals surface area contributed by atoms with Crippen molar-refractivity contribution in [3.05, 3.63) is 39.9 Å². The Kier molecular flexibility index (Phi) is 7.78. The summed E-state index contributed by atoms with van der Waals surface area (Å²) in [5, 5.41) is 7.59. The standard InChI is InChI=1S/C18H23N3O5S3/c22-17(19-5-6-21-7-9-26-10-8-21)18(23)20-13-15(14-3-1-11-27-14)29(24,25)16-4-2-12-28-16/h1-4,11-12,15H,5-10,13H2,(H,19,22)(H,20,23)/t15-/m1/s1. The molecule has 1 saturated heterocycles. The molecule has 0 bridgehead atoms. The number of hydrogen-bond acceptors (Lipinski definition) is 8. The van der Waals surface area contributed by atoms with Crippen molar-refractivity contribution in [2.45, 2.75) is 9.46 Å². The Bertz CT molecular complexity index is 891. The Morgan fingerprint density at radius 2 is 1.76 bits per heavy atom. The molecule has 29 heavy (non-hydrogen) atoms. The van der Waals surface area contributed by atoms with Crippen LogP contribution in [-0.4, -0.2) is 71.1 Å². The van der Waals surface area contributed by atoms with E-state index in [-0.39, 0.29) is 10.8 Å². The molecule has 158 valence electrons. The molecule has 0 spiro atoms. The summed E-state index contributed by atoms with van der Waals surface area (Å²) in [7, 11) is -3.67. The normalized spacial score (nSPS) is 16.3. The lowest BCUT2D eigenvalue weighted by Gasteiger charge is -2.26. The highest BCUT2D eigenvalue weighted by Gasteiger charge is 2.31. The second kappa shape index (κ2) is 10.3. The molecule has 0 aliphatic carbocycles. The number of nitrogens with zero attached hydrogens (tertiary/aromatic N) is 1. The second-order valence-electron chi connectivity index (χ2n) is 6.40. The van der Waals surface area contributed by atoms with Crippen LogP contribution in [0.2, 0.25) is 0 Å². The molecule has 2 aromatic heterocycles. The molecule has 2 aromatic rings. The molecule has 11 heteroatoms. The van der Waals surface area contributed by atoms with E-state index in [0.29, 0.717) is 31.2 Å². The van der Waals surface area contributed by atoms with E-state index >= 15 is 0 Å². The van der Waals surface area contributed by atoms with Crippen molar-refractivity contribution in [2.24, 2.45) is 0 Å². The first-order chi connectivity index (χ1) is 14.0. The molecule has 2 N–H and O–H groups in total. The summed E-state index contributed by atoms with van der Waals surface area (Å²) in [4.78, 5) is 27.0. The highest BCUT2D eigenvalue weighted by Crippen LogP contribution is 2.33. The Morgan fingerprint density at radius 1 is 1.07 bits per heavy atom. The van der Waals surface area contributed by atoms with Gasteiger partial charge in [0.2, 0.25) is 0 Å². The van der Waals surface area contributed by atoms with Gasteiger partial charge >= 0.3 is 11.8 Å². The molecule has 3 heterocycles. The summed E-state index contributed by atoms with van der Waals surface area (Å²) in [6, 6.07) is 6.69. The molecular formula is C18H23N3O5S3. The summed E-state index contributed by atoms with van der Waals surface area (Å²) in [6.07, 6.45) is 0. The van der Waals surface area contributed by atoms with Crippen LogP contribution >= 0.6 is 22.7 Å². The van der Waals surface area contributed by atoms with E-state index in [1.165, 1.54) is 11.3 Å². The molecule has 0 aromatic carbocycles. The number of carbonyl (C=O) groups is 2. The van der Waals surface area contributed by atoms with Gasteiger partial charge in [0.1, 0.15) is 9.46 Å². The summed E-state index contributed by atoms with van der Waals surface area (Å²) in [5.74, 6) is -1.60. The fourth-order valence-electron chi connectivity index (χ4n) is 2.90. The molecule has 8 nitrogen and oxygen atoms in total. The Morgan fingerprint density at radius 3 is 2.41 bits per heavy atom. The Balaban J connectivity index is 1.55. The lowest BCUT2D eigenvalue weighted by atomic mass is 10.3. The van der Waals surface area contributed by atoms with Crippen LogP contribution in [0.5, 0.6) is 0 Å². The minimum atomic E-state index is -3.67. The quantitative estimate of drug-likeness (QED) is 0.571. The van der Waals surface area contributed by atoms with Gasteiger partial charge < -0.3 is 15.4 Å². The van der Waals surface area contributed by atoms with Gasteiger partial charge in [0.05, 0.1) is 13.2 Å². The van der Waals surface area contributed by atoms with E-state index in [2.05, 4.69) is 15.5 Å². The van der Waals surface area contributed by atoms with Gasteiger partial charge in [-0.3, -0.25) is 14.5 Å². The maximum Gasteiger partial charge on any atom is 0.309 e. The van der Waals surface area contributed by atoms with Crippen molar-refractivity contribution in [1.82, 2.24) is 15.5 Å². The lowest BCUT2D eigenvalue weighted by Crippen LogP contribution is -2.46. The summed E-state index contributed by atoms with van der Waals surface area (Å²) < 4.78 is 31.4. The van der Waals surface area contributed by atoms with Crippen LogP contribution in [0.3, 0.4) is 0 Å². The molecular weight excluding hydrogens is 434 g/mol. The molecule has 3 rings (SSSR count). The highest BCUT2D eigenvalue weighted by molar-refractivity contribution is 7.93. The Labute approximate surface area is 177 Å². The van der Waals surface area contributed by atoms with Crippen LogP contribution in [0, 0.1) is 0 Å². The van der Waals surface area contributed by atoms with E-state index in [1.54, 1.807) is 35.0 Å². The van der Waals surface area contributed by atoms with Crippen LogP contribution in [0.15, 0.2) is 39.2 Å². The molecule has 2 amide bonds. The Hall–Kier alpha value is -1.79. The number of carbonyl (C=O) groups excluding carboxylic acids is 2. The molecule has 1 aliphatic heterocycles. The third kappa shape index (κ3) is 5.86. The highest BCUT2D eigenvalue weighted by atomic mass is 32.2. The predicted molar refractivity (Wildman–Crippen MR) is 112 cm³/mol. The zero-order valence-electron chi connectivity index (χ0n) is 15.7. The van der Waals surface area contributed by atoms with Gasteiger partial charge in [0.25, 0.3) is 0 Å². The van der Waals surface area contributed by atoms with Crippen LogP contribution in [-0.2, 0) is 24.2 Å². The maximum atomic E-state index is 13.0. The summed E-state index contributed by atoms with van der Waals surface area (Å²) in [5.41, 5.74) is 0. The van der Waals surface area contributed by atoms with Gasteiger partial charge in [-0.1, -0.05) is 12.1 Å². The number of sulfone groups is 1. The first kappa shape index (κ1) is 21.9. The topological polar surface area (TPSA) is 105 Å². The average molecular weight is 458 g/mol. The molecule has 0 unspecified atom stereocenters. The van der Waals surface area contributed by atoms with E-state index in [1.807, 2.05) is 0 Å². The van der Waals surface area contributed by atoms with Gasteiger partial charge in [-0.25, -0.2) is 8.42 Å². The minimum Gasteiger partial charge on any atom is -0.379 e. The van der Waals surface area contributed by atoms with Crippen LogP contribution in [0.25, 0.3) is 0 Å². The van der Waals surface area contributed by atoms with Crippen LogP contribution in [0.4, 0.5) is 0 Å². The predicted octanol–water partition coefficient (Wildman–Crippen LogP) is 0.889. The molecule has 0 saturated carbocycles. The fourth-order valence-corrected chi connectivity index (χ4v) is 6.89. The van der Waals surface area contributed by atoms with E-state index in [4.69, 9.17) is 4.74 Å². The smallest absolute Gasteiger partial charge is 0.309 e. The molecule has 1 aliphatic rings. The number of rotatable bonds is 8. The zero-order chi connectivity index (χ0) is 20.7. The van der Waals surface area contributed by atoms with E-state index < -0.39 is 26.9 Å². The fraction of sp³-hybridized carbons (Fsp3) is 0.444. The van der Waals surface area contributed by atoms with E-state index in [0.717, 1.165) is 24.4 Å². The van der Waals surface area contributed by atoms with E-state index in [9.17, 15) is 18.0 Å². The van der Waals surface area contributed by atoms with Gasteiger partial charge in [0.15, 0.2) is 9.84 Å². The van der Waals surface area contributed by atoms with Crippen LogP contribution < -0.4 is 10.6 Å². The monoisotopic (exact) mass is 457 g/mol. The molecule has 0 radical (unpaired) electrons. The van der Waals surface area contributed by atoms with Gasteiger partial charge in [-0.2, -0.15) is 0 Å². The number of amides is 2. The van der Waals surface area contributed by atoms with Gasteiger partial charge in [0, 0.05) is 37.6 Å². The van der Waals surface area contributed by atoms with Crippen LogP contribution in [0.1, 0.15) is 10.1 Å². The summed E-state index contributed by atoms with van der Waals surface area (Å²) in [6.45, 7) is 3.72. The lowest BCUT2D eigenvalue weighted by molar-refractivity contribution is -0.139. The van der Waals surface area contributed by atoms with Crippen molar-refractivity contribution in [3.8, 4) is 0 Å². The first-order valence-corrected chi connectivity index (χ1v) is 12.5. The summed E-state index contributed by atoms with van der Waals surface area (Å²) >= 11 is 2.43. The van der Waals surface area contributed by atoms with Gasteiger partial charge in [-0.05, 0) is 22.9 Å². The average Bonchev–Trinajstić information content (AvgIpc) is 3.43. The molecule has 1 fully saturated rings. The SMILES string of the molecule is O=C(NCCN1CCOCC1)C(=O)NC[C@H](c1cccs1)S(=O)(=O)c1cccs1. The number of nitrogens with one attached hydrogen (secondary N) is 2. The van der Waals surface area contributed by atoms with Crippen molar-refractivity contribution < 1.29 is 22.7 Å². The number of thiophene rings is 2. The third-order valence-corrected chi connectivity index (χ3v) is 9.13. The van der Waals surface area contributed by atoms with Crippen molar-refractivity contribution >= 4 is 44.3 Å². The third-order valence-electron chi connectivity index (χ3n) is 4.48. The van der Waals surface area contributed by atoms with Crippen molar-refractivity contribution in [2.75, 3.05) is 45.9 Å². The van der Waals surface area contributed by atoms with Gasteiger partial charge in [-0.15, -0.1) is 22.7 Å². The molecule has 1 atom stereocenters. The number of morpholine rings is 1. The maximum absolute atomic E-state index is 13.0. The second-order valence-corrected chi connectivity index (χ2v) is 10.7.